The molecule has 1 unspecified atom stereocenters. The van der Waals surface area contributed by atoms with Gasteiger partial charge in [-0.3, -0.25) is 10.3 Å². The van der Waals surface area contributed by atoms with Gasteiger partial charge in [0.2, 0.25) is 0 Å². The second-order valence-electron chi connectivity index (χ2n) is 6.31. The van der Waals surface area contributed by atoms with Gasteiger partial charge >= 0.3 is 0 Å². The number of hydrogen-bond acceptors (Lipinski definition) is 2. The highest BCUT2D eigenvalue weighted by molar-refractivity contribution is 6.05. The van der Waals surface area contributed by atoms with E-state index in [1.54, 1.807) is 0 Å². The molecular formula is C19H22N2. The van der Waals surface area contributed by atoms with Crippen molar-refractivity contribution in [2.45, 2.75) is 33.0 Å². The van der Waals surface area contributed by atoms with Gasteiger partial charge < -0.3 is 0 Å². The van der Waals surface area contributed by atoms with Crippen LogP contribution in [0.25, 0.3) is 0 Å². The lowest BCUT2D eigenvalue weighted by molar-refractivity contribution is 0.414. The molecule has 2 heteroatoms. The molecule has 2 aromatic rings. The van der Waals surface area contributed by atoms with Gasteiger partial charge in [0, 0.05) is 17.7 Å². The third-order valence-electron chi connectivity index (χ3n) is 4.06. The quantitative estimate of drug-likeness (QED) is 0.897. The van der Waals surface area contributed by atoms with Gasteiger partial charge in [0.1, 0.15) is 6.17 Å². The number of aliphatic imine (C=N–C) groups is 1. The van der Waals surface area contributed by atoms with Gasteiger partial charge in [0.05, 0.1) is 0 Å². The first kappa shape index (κ1) is 14.0. The van der Waals surface area contributed by atoms with Gasteiger partial charge in [-0.15, -0.1) is 0 Å². The lowest BCUT2D eigenvalue weighted by Gasteiger charge is -2.21. The standard InChI is InChI=1S/C19H22N2/c1-19(2)13-17(20-14-15-9-5-3-6-10-15)21-18(19)16-11-7-4-8-12-16/h3-12,17,20H,13-14H2,1-2H3. The van der Waals surface area contributed by atoms with Gasteiger partial charge in [-0.2, -0.15) is 0 Å². The van der Waals surface area contributed by atoms with Gasteiger partial charge in [0.15, 0.2) is 0 Å². The average molecular weight is 278 g/mol. The summed E-state index contributed by atoms with van der Waals surface area (Å²) in [7, 11) is 0. The molecule has 0 fully saturated rings. The zero-order valence-corrected chi connectivity index (χ0v) is 12.7. The van der Waals surface area contributed by atoms with Crippen molar-refractivity contribution < 1.29 is 0 Å². The van der Waals surface area contributed by atoms with Crippen LogP contribution in [0, 0.1) is 5.41 Å². The van der Waals surface area contributed by atoms with E-state index in [1.165, 1.54) is 16.8 Å². The smallest absolute Gasteiger partial charge is 0.101 e. The summed E-state index contributed by atoms with van der Waals surface area (Å²) in [4.78, 5) is 4.93. The molecule has 0 saturated heterocycles. The van der Waals surface area contributed by atoms with Gasteiger partial charge in [0.25, 0.3) is 0 Å². The molecule has 3 rings (SSSR count). The van der Waals surface area contributed by atoms with E-state index in [1.807, 2.05) is 6.07 Å². The van der Waals surface area contributed by atoms with Crippen molar-refractivity contribution in [1.82, 2.24) is 5.32 Å². The molecule has 1 N–H and O–H groups in total. The topological polar surface area (TPSA) is 24.4 Å². The average Bonchev–Trinajstić information content (AvgIpc) is 2.82. The fraction of sp³-hybridized carbons (Fsp3) is 0.316. The Balaban J connectivity index is 1.73. The molecular weight excluding hydrogens is 256 g/mol. The van der Waals surface area contributed by atoms with E-state index >= 15 is 0 Å². The highest BCUT2D eigenvalue weighted by Gasteiger charge is 2.35. The van der Waals surface area contributed by atoms with Crippen LogP contribution in [0.15, 0.2) is 65.7 Å². The number of nitrogens with one attached hydrogen (secondary N) is 1. The summed E-state index contributed by atoms with van der Waals surface area (Å²) >= 11 is 0. The van der Waals surface area contributed by atoms with E-state index in [0.29, 0.717) is 0 Å². The van der Waals surface area contributed by atoms with E-state index in [-0.39, 0.29) is 11.6 Å². The molecule has 0 radical (unpaired) electrons. The molecule has 2 aromatic carbocycles. The highest BCUT2D eigenvalue weighted by atomic mass is 15.1. The van der Waals surface area contributed by atoms with Crippen LogP contribution < -0.4 is 5.32 Å². The number of nitrogens with zero attached hydrogens (tertiary/aromatic N) is 1. The predicted molar refractivity (Wildman–Crippen MR) is 88.4 cm³/mol. The van der Waals surface area contributed by atoms with E-state index in [0.717, 1.165) is 13.0 Å². The molecule has 21 heavy (non-hydrogen) atoms. The van der Waals surface area contributed by atoms with Gasteiger partial charge in [-0.25, -0.2) is 0 Å². The van der Waals surface area contributed by atoms with Crippen LogP contribution >= 0.6 is 0 Å². The Bertz CT molecular complexity index is 615. The lowest BCUT2D eigenvalue weighted by Crippen LogP contribution is -2.27. The van der Waals surface area contributed by atoms with Crippen LogP contribution in [-0.2, 0) is 6.54 Å². The summed E-state index contributed by atoms with van der Waals surface area (Å²) in [6.07, 6.45) is 1.25. The molecule has 1 atom stereocenters. The van der Waals surface area contributed by atoms with Crippen LogP contribution in [0.4, 0.5) is 0 Å². The summed E-state index contributed by atoms with van der Waals surface area (Å²) in [6, 6.07) is 21.0. The summed E-state index contributed by atoms with van der Waals surface area (Å²) in [6.45, 7) is 5.43. The van der Waals surface area contributed by atoms with E-state index < -0.39 is 0 Å². The molecule has 1 heterocycles. The molecule has 108 valence electrons. The van der Waals surface area contributed by atoms with E-state index in [4.69, 9.17) is 4.99 Å². The van der Waals surface area contributed by atoms with Crippen molar-refractivity contribution in [2.24, 2.45) is 10.4 Å². The Morgan fingerprint density at radius 3 is 2.29 bits per heavy atom. The maximum atomic E-state index is 4.93. The third kappa shape index (κ3) is 3.22. The predicted octanol–water partition coefficient (Wildman–Crippen LogP) is 4.02. The fourth-order valence-corrected chi connectivity index (χ4v) is 2.97. The second-order valence-corrected chi connectivity index (χ2v) is 6.31. The molecule has 0 bridgehead atoms. The minimum absolute atomic E-state index is 0.121. The molecule has 1 aliphatic rings. The van der Waals surface area contributed by atoms with Gasteiger partial charge in [-0.05, 0) is 17.5 Å². The SMILES string of the molecule is CC1(C)CC(NCc2ccccc2)N=C1c1ccccc1. The molecule has 0 spiro atoms. The number of rotatable bonds is 4. The molecule has 1 aliphatic heterocycles. The Labute approximate surface area is 126 Å². The molecule has 2 nitrogen and oxygen atoms in total. The molecule has 0 amide bonds. The minimum atomic E-state index is 0.121. The Kier molecular flexibility index (Phi) is 3.89. The first-order chi connectivity index (χ1) is 10.1. The van der Waals surface area contributed by atoms with E-state index in [9.17, 15) is 0 Å². The Morgan fingerprint density at radius 1 is 1.00 bits per heavy atom. The summed E-state index contributed by atoms with van der Waals surface area (Å²) in [5.41, 5.74) is 3.88. The second kappa shape index (κ2) is 5.82. The van der Waals surface area contributed by atoms with E-state index in [2.05, 4.69) is 73.8 Å². The number of hydrogen-bond donors (Lipinski definition) is 1. The normalized spacial score (nSPS) is 20.3. The highest BCUT2D eigenvalue weighted by Crippen LogP contribution is 2.34. The van der Waals surface area contributed by atoms with Crippen LogP contribution in [0.3, 0.4) is 0 Å². The zero-order chi connectivity index (χ0) is 14.7. The zero-order valence-electron chi connectivity index (χ0n) is 12.7. The first-order valence-electron chi connectivity index (χ1n) is 7.56. The van der Waals surface area contributed by atoms with Crippen LogP contribution in [0.2, 0.25) is 0 Å². The molecule has 0 aromatic heterocycles. The maximum absolute atomic E-state index is 4.93. The van der Waals surface area contributed by atoms with Gasteiger partial charge in [-0.1, -0.05) is 74.5 Å². The molecule has 0 saturated carbocycles. The number of benzene rings is 2. The fourth-order valence-electron chi connectivity index (χ4n) is 2.97. The molecule has 0 aliphatic carbocycles. The van der Waals surface area contributed by atoms with Crippen molar-refractivity contribution in [3.63, 3.8) is 0 Å². The maximum Gasteiger partial charge on any atom is 0.101 e. The van der Waals surface area contributed by atoms with Crippen molar-refractivity contribution in [1.29, 1.82) is 0 Å². The summed E-state index contributed by atoms with van der Waals surface area (Å²) in [5, 5.41) is 3.57. The lowest BCUT2D eigenvalue weighted by atomic mass is 9.82. The summed E-state index contributed by atoms with van der Waals surface area (Å²) < 4.78 is 0. The van der Waals surface area contributed by atoms with Crippen molar-refractivity contribution in [3.05, 3.63) is 71.8 Å². The van der Waals surface area contributed by atoms with Crippen molar-refractivity contribution in [2.75, 3.05) is 0 Å². The first-order valence-corrected chi connectivity index (χ1v) is 7.56. The van der Waals surface area contributed by atoms with Crippen molar-refractivity contribution in [3.8, 4) is 0 Å². The monoisotopic (exact) mass is 278 g/mol. The Morgan fingerprint density at radius 2 is 1.62 bits per heavy atom. The van der Waals surface area contributed by atoms with Crippen LogP contribution in [0.1, 0.15) is 31.4 Å². The summed E-state index contributed by atoms with van der Waals surface area (Å²) in [5.74, 6) is 0. The third-order valence-corrected chi connectivity index (χ3v) is 4.06. The minimum Gasteiger partial charge on any atom is -0.292 e. The largest absolute Gasteiger partial charge is 0.292 e. The Hall–Kier alpha value is -1.93. The van der Waals surface area contributed by atoms with Crippen LogP contribution in [0.5, 0.6) is 0 Å². The van der Waals surface area contributed by atoms with Crippen molar-refractivity contribution >= 4 is 5.71 Å². The van der Waals surface area contributed by atoms with Crippen LogP contribution in [-0.4, -0.2) is 11.9 Å².